The third-order valence-electron chi connectivity index (χ3n) is 20.2. The minimum Gasteiger partial charge on any atom is -0.456 e. The predicted octanol–water partition coefficient (Wildman–Crippen LogP) is 26.3. The highest BCUT2D eigenvalue weighted by Crippen LogP contribution is 2.48. The first-order valence-electron chi connectivity index (χ1n) is 33.7. The Balaban J connectivity index is 0.711. The van der Waals surface area contributed by atoms with Crippen molar-refractivity contribution in [2.45, 2.75) is 0 Å². The number of oxazole rings is 2. The van der Waals surface area contributed by atoms with Gasteiger partial charge >= 0.3 is 0 Å². The van der Waals surface area contributed by atoms with E-state index in [4.69, 9.17) is 27.6 Å². The van der Waals surface area contributed by atoms with Crippen LogP contribution in [0.5, 0.6) is 0 Å². The highest BCUT2D eigenvalue weighted by atomic mass is 16.4. The van der Waals surface area contributed by atoms with Crippen molar-refractivity contribution in [1.82, 2.24) is 9.97 Å². The van der Waals surface area contributed by atoms with Gasteiger partial charge in [-0.1, -0.05) is 188 Å². The zero-order valence-electron chi connectivity index (χ0n) is 53.6. The lowest BCUT2D eigenvalue weighted by atomic mass is 9.93. The third kappa shape index (κ3) is 8.80. The molecule has 21 rings (SSSR count). The van der Waals surface area contributed by atoms with Crippen molar-refractivity contribution >= 4 is 165 Å². The lowest BCUT2D eigenvalue weighted by Crippen LogP contribution is -2.09. The molecule has 0 saturated carbocycles. The molecule has 0 radical (unpaired) electrons. The lowest BCUT2D eigenvalue weighted by molar-refractivity contribution is 0.622. The molecule has 8 nitrogen and oxygen atoms in total. The van der Waals surface area contributed by atoms with Crippen LogP contribution in [0.15, 0.2) is 345 Å². The molecular weight excluding hydrogens is 1230 g/mol. The highest BCUT2D eigenvalue weighted by Gasteiger charge is 2.25. The van der Waals surface area contributed by atoms with Gasteiger partial charge in [-0.3, -0.25) is 0 Å². The second-order valence-electron chi connectivity index (χ2n) is 25.9. The van der Waals surface area contributed by atoms with Crippen molar-refractivity contribution in [2.24, 2.45) is 0 Å². The van der Waals surface area contributed by atoms with E-state index in [0.29, 0.717) is 11.8 Å². The van der Waals surface area contributed by atoms with Gasteiger partial charge in [0.2, 0.25) is 11.8 Å². The minimum absolute atomic E-state index is 0.571. The molecule has 17 aromatic carbocycles. The largest absolute Gasteiger partial charge is 0.456 e. The SMILES string of the molecule is c1ccc(-c2ccc(N(c3ccc4oc5cc(-c6ccc7c(c6)c6ccc8ccc(N(c9ccccc9)c9ccc%10oc%11ccccc%11c%10c9)cc8c6c6nc(-c8ccccc8)oc76)ccc5c4c3)c3ccc4ccc5c6ccccc6c6oc(-c7ccccc7)nc6c5c4c3)cc2)cc1. The van der Waals surface area contributed by atoms with Crippen molar-refractivity contribution in [3.63, 3.8) is 0 Å². The number of furan rings is 2. The summed E-state index contributed by atoms with van der Waals surface area (Å²) in [6, 6.07) is 116. The Morgan fingerprint density at radius 2 is 0.570 bits per heavy atom. The molecular formula is C92H54N4O4. The molecule has 0 N–H and O–H groups in total. The van der Waals surface area contributed by atoms with E-state index in [1.807, 2.05) is 48.5 Å². The van der Waals surface area contributed by atoms with Crippen molar-refractivity contribution in [1.29, 1.82) is 0 Å². The fourth-order valence-electron chi connectivity index (χ4n) is 15.5. The maximum absolute atomic E-state index is 6.98. The first kappa shape index (κ1) is 55.7. The van der Waals surface area contributed by atoms with Gasteiger partial charge in [0.05, 0.1) is 0 Å². The summed E-state index contributed by atoms with van der Waals surface area (Å²) in [5.74, 6) is 1.17. The van der Waals surface area contributed by atoms with Crippen LogP contribution in [0.4, 0.5) is 34.1 Å². The monoisotopic (exact) mass is 1280 g/mol. The van der Waals surface area contributed by atoms with Crippen molar-refractivity contribution in [3.8, 4) is 45.2 Å². The Hall–Kier alpha value is -13.6. The molecule has 466 valence electrons. The summed E-state index contributed by atoms with van der Waals surface area (Å²) in [5, 5.41) is 17.0. The summed E-state index contributed by atoms with van der Waals surface area (Å²) < 4.78 is 27.0. The van der Waals surface area contributed by atoms with E-state index < -0.39 is 0 Å². The van der Waals surface area contributed by atoms with Crippen LogP contribution in [0, 0.1) is 0 Å². The highest BCUT2D eigenvalue weighted by molar-refractivity contribution is 6.32. The van der Waals surface area contributed by atoms with Gasteiger partial charge < -0.3 is 27.5 Å². The van der Waals surface area contributed by atoms with Crippen LogP contribution in [0.3, 0.4) is 0 Å². The first-order chi connectivity index (χ1) is 49.5. The van der Waals surface area contributed by atoms with E-state index in [1.54, 1.807) is 0 Å². The lowest BCUT2D eigenvalue weighted by Gasteiger charge is -2.26. The molecule has 0 saturated heterocycles. The molecule has 21 aromatic rings. The summed E-state index contributed by atoms with van der Waals surface area (Å²) in [4.78, 5) is 15.4. The molecule has 4 aromatic heterocycles. The molecule has 100 heavy (non-hydrogen) atoms. The standard InChI is InChI=1S/C92H54N4O4/c1-5-17-55(18-6-1)56-29-37-64(38-30-56)96(66-40-32-57-33-44-72-69-25-13-14-27-74(69)89-87(85(72)76(57)52-66)93-91(99-89)59-19-7-2-8-20-59)68-42-48-83-80(54-68)71-43-35-62(50-84(71)98-83)61-36-46-75-78(49-61)73-45-34-58-31-39-65(51-77(58)86(73)88-90(75)100-92(94-88)60-21-9-3-10-22-60)95(63-23-11-4-12-24-63)67-41-47-82-79(53-67)70-26-15-16-28-81(70)97-82/h1-54H. The van der Waals surface area contributed by atoms with Gasteiger partial charge in [-0.25, -0.2) is 9.97 Å². The Morgan fingerprint density at radius 1 is 0.200 bits per heavy atom. The topological polar surface area (TPSA) is 84.8 Å². The molecule has 0 amide bonds. The van der Waals surface area contributed by atoms with Crippen LogP contribution in [-0.2, 0) is 0 Å². The van der Waals surface area contributed by atoms with Crippen LogP contribution in [0.2, 0.25) is 0 Å². The van der Waals surface area contributed by atoms with Crippen LogP contribution in [-0.4, -0.2) is 9.97 Å². The average molecular weight is 1280 g/mol. The van der Waals surface area contributed by atoms with E-state index in [0.717, 1.165) is 198 Å². The summed E-state index contributed by atoms with van der Waals surface area (Å²) in [5.41, 5.74) is 18.8. The number of fused-ring (bicyclic) bond motifs is 22. The number of anilines is 6. The van der Waals surface area contributed by atoms with Crippen LogP contribution < -0.4 is 9.80 Å². The zero-order chi connectivity index (χ0) is 65.5. The van der Waals surface area contributed by atoms with Crippen LogP contribution in [0.1, 0.15) is 0 Å². The molecule has 0 aliphatic carbocycles. The van der Waals surface area contributed by atoms with Crippen LogP contribution in [0.25, 0.3) is 176 Å². The second-order valence-corrected chi connectivity index (χ2v) is 25.9. The Bertz CT molecular complexity index is 6900. The maximum Gasteiger partial charge on any atom is 0.227 e. The summed E-state index contributed by atoms with van der Waals surface area (Å²) in [6.45, 7) is 0. The molecule has 0 fully saturated rings. The fraction of sp³-hybridized carbons (Fsp3) is 0. The van der Waals surface area contributed by atoms with E-state index in [-0.39, 0.29) is 0 Å². The smallest absolute Gasteiger partial charge is 0.227 e. The van der Waals surface area contributed by atoms with E-state index in [1.165, 1.54) is 0 Å². The van der Waals surface area contributed by atoms with Gasteiger partial charge in [-0.05, 0) is 205 Å². The fourth-order valence-corrected chi connectivity index (χ4v) is 15.5. The third-order valence-corrected chi connectivity index (χ3v) is 20.2. The van der Waals surface area contributed by atoms with Gasteiger partial charge in [0, 0.05) is 88.3 Å². The molecule has 4 heterocycles. The number of hydrogen-bond donors (Lipinski definition) is 0. The normalized spacial score (nSPS) is 12.0. The molecule has 0 aliphatic heterocycles. The van der Waals surface area contributed by atoms with Crippen molar-refractivity contribution < 1.29 is 17.7 Å². The Kier molecular flexibility index (Phi) is 12.2. The van der Waals surface area contributed by atoms with Gasteiger partial charge in [0.1, 0.15) is 33.4 Å². The minimum atomic E-state index is 0.571. The number of benzene rings is 17. The van der Waals surface area contributed by atoms with E-state index in [9.17, 15) is 0 Å². The second kappa shape index (κ2) is 22.0. The predicted molar refractivity (Wildman–Crippen MR) is 412 cm³/mol. The van der Waals surface area contributed by atoms with Gasteiger partial charge in [0.15, 0.2) is 11.2 Å². The summed E-state index contributed by atoms with van der Waals surface area (Å²) in [7, 11) is 0. The number of hydrogen-bond acceptors (Lipinski definition) is 8. The maximum atomic E-state index is 6.98. The van der Waals surface area contributed by atoms with Gasteiger partial charge in [-0.2, -0.15) is 0 Å². The molecule has 0 aliphatic rings. The molecule has 0 atom stereocenters. The molecule has 0 unspecified atom stereocenters. The van der Waals surface area contributed by atoms with E-state index in [2.05, 4.69) is 289 Å². The average Bonchev–Trinajstić information content (AvgIpc) is 1.64. The number of aromatic nitrogens is 2. The Labute approximate surface area is 571 Å². The van der Waals surface area contributed by atoms with Gasteiger partial charge in [-0.15, -0.1) is 0 Å². The molecule has 0 spiro atoms. The van der Waals surface area contributed by atoms with Crippen LogP contribution >= 0.6 is 0 Å². The summed E-state index contributed by atoms with van der Waals surface area (Å²) in [6.07, 6.45) is 0. The van der Waals surface area contributed by atoms with Gasteiger partial charge in [0.25, 0.3) is 0 Å². The first-order valence-corrected chi connectivity index (χ1v) is 33.7. The molecule has 8 heteroatoms. The summed E-state index contributed by atoms with van der Waals surface area (Å²) >= 11 is 0. The number of nitrogens with zero attached hydrogens (tertiary/aromatic N) is 4. The number of para-hydroxylation sites is 2. The quantitative estimate of drug-likeness (QED) is 0.125. The number of rotatable bonds is 10. The zero-order valence-corrected chi connectivity index (χ0v) is 53.6. The Morgan fingerprint density at radius 3 is 1.15 bits per heavy atom. The van der Waals surface area contributed by atoms with Crippen molar-refractivity contribution in [3.05, 3.63) is 328 Å². The van der Waals surface area contributed by atoms with Crippen molar-refractivity contribution in [2.75, 3.05) is 9.80 Å². The molecule has 0 bridgehead atoms. The van der Waals surface area contributed by atoms with E-state index >= 15 is 0 Å².